The molecule has 0 spiro atoms. The van der Waals surface area contributed by atoms with Crippen LogP contribution in [-0.2, 0) is 41.5 Å². The molecule has 2 aromatic carbocycles. The minimum atomic E-state index is -1.07. The molecule has 10 heteroatoms. The molecule has 10 nitrogen and oxygen atoms in total. The summed E-state index contributed by atoms with van der Waals surface area (Å²) in [5.74, 6) is -3.11. The van der Waals surface area contributed by atoms with E-state index < -0.39 is 23.9 Å². The molecule has 2 aliphatic heterocycles. The van der Waals surface area contributed by atoms with E-state index in [9.17, 15) is 29.4 Å². The fourth-order valence-corrected chi connectivity index (χ4v) is 4.75. The monoisotopic (exact) mass is 572 g/mol. The highest BCUT2D eigenvalue weighted by Gasteiger charge is 2.33. The predicted molar refractivity (Wildman–Crippen MR) is 154 cm³/mol. The van der Waals surface area contributed by atoms with E-state index in [-0.39, 0.29) is 37.5 Å². The van der Waals surface area contributed by atoms with Crippen molar-refractivity contribution in [3.8, 4) is 0 Å². The number of carboxylic acids is 2. The second-order valence-corrected chi connectivity index (χ2v) is 9.95. The highest BCUT2D eigenvalue weighted by atomic mass is 16.6. The van der Waals surface area contributed by atoms with E-state index in [1.807, 2.05) is 60.7 Å². The van der Waals surface area contributed by atoms with Crippen LogP contribution in [0.3, 0.4) is 0 Å². The zero-order valence-electron chi connectivity index (χ0n) is 23.1. The predicted octanol–water partition coefficient (Wildman–Crippen LogP) is 4.49. The second kappa shape index (κ2) is 14.7. The molecule has 2 N–H and O–H groups in total. The largest absolute Gasteiger partial charge is 0.481 e. The van der Waals surface area contributed by atoms with Crippen LogP contribution < -0.4 is 0 Å². The lowest BCUT2D eigenvalue weighted by Crippen LogP contribution is -2.08. The lowest BCUT2D eigenvalue weighted by molar-refractivity contribution is -0.137. The van der Waals surface area contributed by atoms with Gasteiger partial charge >= 0.3 is 23.9 Å². The number of rotatable bonds is 15. The molecule has 0 amide bonds. The van der Waals surface area contributed by atoms with Gasteiger partial charge in [-0.25, -0.2) is 9.59 Å². The number of cyclic esters (lactones) is 2. The molecule has 0 saturated heterocycles. The molecule has 4 rings (SSSR count). The van der Waals surface area contributed by atoms with E-state index in [1.165, 1.54) is 0 Å². The lowest BCUT2D eigenvalue weighted by Gasteiger charge is -2.04. The summed E-state index contributed by atoms with van der Waals surface area (Å²) in [6.45, 7) is 0.732. The van der Waals surface area contributed by atoms with Crippen molar-refractivity contribution in [2.24, 2.45) is 9.98 Å². The number of carbonyl (C=O) groups excluding carboxylic acids is 2. The second-order valence-electron chi connectivity index (χ2n) is 9.95. The smallest absolute Gasteiger partial charge is 0.341 e. The number of esters is 2. The maximum Gasteiger partial charge on any atom is 0.341 e. The van der Waals surface area contributed by atoms with Crippen LogP contribution in [0.15, 0.2) is 92.9 Å². The topological polar surface area (TPSA) is 152 Å². The zero-order valence-corrected chi connectivity index (χ0v) is 23.1. The molecule has 2 heterocycles. The van der Waals surface area contributed by atoms with Gasteiger partial charge in [-0.15, -0.1) is 0 Å². The molecular weight excluding hydrogens is 540 g/mol. The van der Waals surface area contributed by atoms with E-state index in [4.69, 9.17) is 9.47 Å². The molecule has 0 radical (unpaired) electrons. The zero-order chi connectivity index (χ0) is 29.9. The Kier molecular flexibility index (Phi) is 10.5. The number of hydrogen-bond donors (Lipinski definition) is 2. The molecule has 0 aromatic heterocycles. The molecule has 0 fully saturated rings. The number of aliphatic imine (C=N–C) groups is 2. The fraction of sp³-hybridized carbons (Fsp3) is 0.312. The third-order valence-electron chi connectivity index (χ3n) is 6.80. The van der Waals surface area contributed by atoms with Gasteiger partial charge in [0.2, 0.25) is 11.8 Å². The van der Waals surface area contributed by atoms with Gasteiger partial charge in [0.25, 0.3) is 0 Å². The Morgan fingerprint density at radius 2 is 0.952 bits per heavy atom. The Labute approximate surface area is 243 Å². The van der Waals surface area contributed by atoms with Crippen molar-refractivity contribution in [1.82, 2.24) is 0 Å². The van der Waals surface area contributed by atoms with Crippen LogP contribution in [0.1, 0.15) is 49.7 Å². The van der Waals surface area contributed by atoms with Gasteiger partial charge in [0.05, 0.1) is 24.0 Å². The standard InChI is InChI=1S/C32H32N2O8/c35-27(36)19-23-25(17-21-11-5-3-6-12-21)31(39)41-29(23)33-15-9-1-2-10-16-34-30-24(20-28(37)38)26(32(40)42-30)18-22-13-7-4-8-14-22/h3-8,11-14H,1-2,9-10,15-20H2,(H,35,36)(H,37,38). The molecule has 42 heavy (non-hydrogen) atoms. The first-order chi connectivity index (χ1) is 20.3. The number of ether oxygens (including phenoxy) is 2. The average molecular weight is 573 g/mol. The van der Waals surface area contributed by atoms with Gasteiger partial charge < -0.3 is 19.7 Å². The number of aliphatic carboxylic acids is 2. The maximum atomic E-state index is 12.5. The summed E-state index contributed by atoms with van der Waals surface area (Å²) in [7, 11) is 0. The van der Waals surface area contributed by atoms with Crippen molar-refractivity contribution in [2.75, 3.05) is 13.1 Å². The molecule has 218 valence electrons. The van der Waals surface area contributed by atoms with Crippen molar-refractivity contribution in [2.45, 2.75) is 51.4 Å². The van der Waals surface area contributed by atoms with E-state index in [0.29, 0.717) is 48.2 Å². The molecule has 0 bridgehead atoms. The highest BCUT2D eigenvalue weighted by Crippen LogP contribution is 2.27. The molecular formula is C32H32N2O8. The van der Waals surface area contributed by atoms with Crippen molar-refractivity contribution in [3.63, 3.8) is 0 Å². The van der Waals surface area contributed by atoms with Gasteiger partial charge in [0.1, 0.15) is 0 Å². The number of nitrogens with zero attached hydrogens (tertiary/aromatic N) is 2. The van der Waals surface area contributed by atoms with E-state index in [2.05, 4.69) is 9.98 Å². The molecule has 0 aliphatic carbocycles. The van der Waals surface area contributed by atoms with Crippen LogP contribution in [0.4, 0.5) is 0 Å². The number of carboxylic acid groups (broad SMARTS) is 2. The Morgan fingerprint density at radius 1 is 0.571 bits per heavy atom. The number of benzene rings is 2. The van der Waals surface area contributed by atoms with Gasteiger partial charge in [-0.3, -0.25) is 19.6 Å². The summed E-state index contributed by atoms with van der Waals surface area (Å²) in [5.41, 5.74) is 3.02. The summed E-state index contributed by atoms with van der Waals surface area (Å²) in [6.07, 6.45) is 2.82. The summed E-state index contributed by atoms with van der Waals surface area (Å²) in [5, 5.41) is 18.7. The Hall–Kier alpha value is -4.86. The molecule has 0 saturated carbocycles. The minimum absolute atomic E-state index is 0.0758. The summed E-state index contributed by atoms with van der Waals surface area (Å²) in [6, 6.07) is 18.6. The van der Waals surface area contributed by atoms with Gasteiger partial charge in [-0.1, -0.05) is 73.5 Å². The fourth-order valence-electron chi connectivity index (χ4n) is 4.75. The summed E-state index contributed by atoms with van der Waals surface area (Å²) in [4.78, 5) is 56.6. The average Bonchev–Trinajstić information content (AvgIpc) is 3.40. The Balaban J connectivity index is 1.29. The van der Waals surface area contributed by atoms with Crippen molar-refractivity contribution in [3.05, 3.63) is 94.1 Å². The van der Waals surface area contributed by atoms with Crippen LogP contribution in [0.25, 0.3) is 0 Å². The van der Waals surface area contributed by atoms with Crippen LogP contribution in [0, 0.1) is 0 Å². The van der Waals surface area contributed by atoms with Crippen LogP contribution in [0.5, 0.6) is 0 Å². The first-order valence-corrected chi connectivity index (χ1v) is 13.8. The van der Waals surface area contributed by atoms with E-state index in [1.54, 1.807) is 0 Å². The number of hydrogen-bond acceptors (Lipinski definition) is 8. The first-order valence-electron chi connectivity index (χ1n) is 13.8. The molecule has 0 unspecified atom stereocenters. The van der Waals surface area contributed by atoms with Crippen LogP contribution in [-0.4, -0.2) is 59.0 Å². The van der Waals surface area contributed by atoms with E-state index in [0.717, 1.165) is 24.0 Å². The third-order valence-corrected chi connectivity index (χ3v) is 6.80. The summed E-state index contributed by atoms with van der Waals surface area (Å²) >= 11 is 0. The molecule has 2 aliphatic rings. The lowest BCUT2D eigenvalue weighted by atomic mass is 9.99. The van der Waals surface area contributed by atoms with Crippen molar-refractivity contribution in [1.29, 1.82) is 0 Å². The maximum absolute atomic E-state index is 12.5. The van der Waals surface area contributed by atoms with Gasteiger partial charge in [-0.05, 0) is 24.0 Å². The highest BCUT2D eigenvalue weighted by molar-refractivity contribution is 6.17. The Morgan fingerprint density at radius 3 is 1.31 bits per heavy atom. The quantitative estimate of drug-likeness (QED) is 0.234. The number of unbranched alkanes of at least 4 members (excludes halogenated alkanes) is 3. The molecule has 2 aromatic rings. The minimum Gasteiger partial charge on any atom is -0.481 e. The van der Waals surface area contributed by atoms with Gasteiger partial charge in [0, 0.05) is 37.1 Å². The first kappa shape index (κ1) is 30.1. The Bertz CT molecular complexity index is 1340. The van der Waals surface area contributed by atoms with E-state index >= 15 is 0 Å². The summed E-state index contributed by atoms with van der Waals surface area (Å²) < 4.78 is 10.6. The number of carbonyl (C=O) groups is 4. The van der Waals surface area contributed by atoms with Crippen LogP contribution >= 0.6 is 0 Å². The van der Waals surface area contributed by atoms with Gasteiger partial charge in [0.15, 0.2) is 0 Å². The normalized spacial score (nSPS) is 16.9. The van der Waals surface area contributed by atoms with Crippen molar-refractivity contribution >= 4 is 35.7 Å². The van der Waals surface area contributed by atoms with Gasteiger partial charge in [-0.2, -0.15) is 0 Å². The third kappa shape index (κ3) is 8.33. The SMILES string of the molecule is O=C(O)CC1=C(Cc2ccccc2)C(=O)OC1=NCCCCCCN=C1OC(=O)C(Cc2ccccc2)=C1CC(=O)O. The van der Waals surface area contributed by atoms with Crippen molar-refractivity contribution < 1.29 is 38.9 Å². The molecule has 0 atom stereocenters. The van der Waals surface area contributed by atoms with Crippen LogP contribution in [0.2, 0.25) is 0 Å².